The molecule has 0 amide bonds. The topological polar surface area (TPSA) is 51.2 Å². The fraction of sp³-hybridized carbons (Fsp3) is 0.600. The van der Waals surface area contributed by atoms with E-state index in [0.29, 0.717) is 18.2 Å². The van der Waals surface area contributed by atoms with Crippen LogP contribution in [0.3, 0.4) is 0 Å². The van der Waals surface area contributed by atoms with Gasteiger partial charge in [0.2, 0.25) is 0 Å². The zero-order chi connectivity index (χ0) is 13.7. The minimum Gasteiger partial charge on any atom is -0.465 e. The van der Waals surface area contributed by atoms with Crippen molar-refractivity contribution in [1.29, 1.82) is 0 Å². The van der Waals surface area contributed by atoms with E-state index >= 15 is 0 Å². The number of pyridine rings is 1. The van der Waals surface area contributed by atoms with E-state index in [1.807, 2.05) is 0 Å². The first kappa shape index (κ1) is 14.0. The van der Waals surface area contributed by atoms with Crippen LogP contribution in [0.15, 0.2) is 18.3 Å². The molecule has 4 nitrogen and oxygen atoms in total. The largest absolute Gasteiger partial charge is 0.465 e. The molecule has 1 aromatic rings. The van der Waals surface area contributed by atoms with Gasteiger partial charge in [-0.25, -0.2) is 4.79 Å². The molecule has 104 valence electrons. The molecule has 1 heterocycles. The SMILES string of the molecule is COC(=O)c1cccnc1CNC1CCC(C)CC1. The molecule has 0 unspecified atom stereocenters. The summed E-state index contributed by atoms with van der Waals surface area (Å²) in [6.07, 6.45) is 6.70. The van der Waals surface area contributed by atoms with E-state index in [9.17, 15) is 4.79 Å². The second-order valence-corrected chi connectivity index (χ2v) is 5.33. The van der Waals surface area contributed by atoms with Gasteiger partial charge in [0.25, 0.3) is 0 Å². The van der Waals surface area contributed by atoms with Crippen LogP contribution in [0.2, 0.25) is 0 Å². The molecule has 0 spiro atoms. The maximum absolute atomic E-state index is 11.6. The molecule has 1 aromatic heterocycles. The first-order chi connectivity index (χ1) is 9.20. The van der Waals surface area contributed by atoms with Crippen molar-refractivity contribution in [2.75, 3.05) is 7.11 Å². The van der Waals surface area contributed by atoms with E-state index in [0.717, 1.165) is 11.6 Å². The van der Waals surface area contributed by atoms with Gasteiger partial charge in [-0.1, -0.05) is 6.92 Å². The van der Waals surface area contributed by atoms with Crippen LogP contribution in [0.25, 0.3) is 0 Å². The number of rotatable bonds is 4. The van der Waals surface area contributed by atoms with E-state index in [1.54, 1.807) is 18.3 Å². The third-order valence-corrected chi connectivity index (χ3v) is 3.87. The van der Waals surface area contributed by atoms with Gasteiger partial charge in [-0.3, -0.25) is 4.98 Å². The lowest BCUT2D eigenvalue weighted by Gasteiger charge is -2.27. The molecule has 0 saturated heterocycles. The van der Waals surface area contributed by atoms with Crippen LogP contribution >= 0.6 is 0 Å². The molecule has 2 rings (SSSR count). The fourth-order valence-electron chi connectivity index (χ4n) is 2.58. The zero-order valence-corrected chi connectivity index (χ0v) is 11.7. The van der Waals surface area contributed by atoms with Gasteiger partial charge in [-0.15, -0.1) is 0 Å². The fourth-order valence-corrected chi connectivity index (χ4v) is 2.58. The Bertz CT molecular complexity index is 426. The molecule has 0 aromatic carbocycles. The Morgan fingerprint density at radius 2 is 2.16 bits per heavy atom. The van der Waals surface area contributed by atoms with Crippen LogP contribution in [0.1, 0.15) is 48.7 Å². The number of hydrogen-bond acceptors (Lipinski definition) is 4. The number of hydrogen-bond donors (Lipinski definition) is 1. The van der Waals surface area contributed by atoms with Crippen molar-refractivity contribution in [3.8, 4) is 0 Å². The van der Waals surface area contributed by atoms with Gasteiger partial charge in [0.1, 0.15) is 0 Å². The van der Waals surface area contributed by atoms with Gasteiger partial charge in [0, 0.05) is 18.8 Å². The van der Waals surface area contributed by atoms with Crippen LogP contribution in [0, 0.1) is 5.92 Å². The molecule has 1 aliphatic carbocycles. The van der Waals surface area contributed by atoms with Crippen molar-refractivity contribution in [2.24, 2.45) is 5.92 Å². The molecule has 1 fully saturated rings. The number of nitrogens with one attached hydrogen (secondary N) is 1. The van der Waals surface area contributed by atoms with Gasteiger partial charge in [-0.2, -0.15) is 0 Å². The maximum Gasteiger partial charge on any atom is 0.339 e. The summed E-state index contributed by atoms with van der Waals surface area (Å²) in [4.78, 5) is 15.9. The molecule has 1 N–H and O–H groups in total. The van der Waals surface area contributed by atoms with E-state index in [2.05, 4.69) is 17.2 Å². The quantitative estimate of drug-likeness (QED) is 0.847. The molecular formula is C15H22N2O2. The van der Waals surface area contributed by atoms with Crippen LogP contribution in [0.5, 0.6) is 0 Å². The van der Waals surface area contributed by atoms with Gasteiger partial charge < -0.3 is 10.1 Å². The number of carbonyl (C=O) groups excluding carboxylic acids is 1. The molecule has 0 bridgehead atoms. The highest BCUT2D eigenvalue weighted by Gasteiger charge is 2.19. The third kappa shape index (κ3) is 3.77. The molecule has 4 heteroatoms. The summed E-state index contributed by atoms with van der Waals surface area (Å²) in [5, 5.41) is 3.51. The third-order valence-electron chi connectivity index (χ3n) is 3.87. The Labute approximate surface area is 114 Å². The van der Waals surface area contributed by atoms with Crippen molar-refractivity contribution >= 4 is 5.97 Å². The Morgan fingerprint density at radius 3 is 2.84 bits per heavy atom. The predicted octanol–water partition coefficient (Wildman–Crippen LogP) is 2.54. The molecule has 0 radical (unpaired) electrons. The first-order valence-electron chi connectivity index (χ1n) is 6.96. The minimum absolute atomic E-state index is 0.317. The summed E-state index contributed by atoms with van der Waals surface area (Å²) >= 11 is 0. The first-order valence-corrected chi connectivity index (χ1v) is 6.96. The standard InChI is InChI=1S/C15H22N2O2/c1-11-5-7-12(8-6-11)17-10-14-13(15(18)19-2)4-3-9-16-14/h3-4,9,11-12,17H,5-8,10H2,1-2H3. The number of methoxy groups -OCH3 is 1. The van der Waals surface area contributed by atoms with Gasteiger partial charge in [0.05, 0.1) is 18.4 Å². The van der Waals surface area contributed by atoms with Crippen molar-refractivity contribution < 1.29 is 9.53 Å². The highest BCUT2D eigenvalue weighted by molar-refractivity contribution is 5.90. The smallest absolute Gasteiger partial charge is 0.339 e. The van der Waals surface area contributed by atoms with E-state index < -0.39 is 0 Å². The van der Waals surface area contributed by atoms with E-state index in [1.165, 1.54) is 32.8 Å². The summed E-state index contributed by atoms with van der Waals surface area (Å²) in [5.41, 5.74) is 1.33. The predicted molar refractivity (Wildman–Crippen MR) is 73.8 cm³/mol. The number of ether oxygens (including phenoxy) is 1. The van der Waals surface area contributed by atoms with Crippen LogP contribution in [-0.2, 0) is 11.3 Å². The van der Waals surface area contributed by atoms with Crippen LogP contribution < -0.4 is 5.32 Å². The number of aromatic nitrogens is 1. The highest BCUT2D eigenvalue weighted by atomic mass is 16.5. The lowest BCUT2D eigenvalue weighted by Crippen LogP contribution is -2.33. The summed E-state index contributed by atoms with van der Waals surface area (Å²) in [7, 11) is 1.40. The highest BCUT2D eigenvalue weighted by Crippen LogP contribution is 2.23. The molecule has 1 aliphatic rings. The molecule has 19 heavy (non-hydrogen) atoms. The Kier molecular flexibility index (Phi) is 4.91. The Morgan fingerprint density at radius 1 is 1.42 bits per heavy atom. The van der Waals surface area contributed by atoms with Gasteiger partial charge in [-0.05, 0) is 43.7 Å². The van der Waals surface area contributed by atoms with Gasteiger partial charge in [0.15, 0.2) is 0 Å². The van der Waals surface area contributed by atoms with Crippen LogP contribution in [0.4, 0.5) is 0 Å². The Balaban J connectivity index is 1.94. The van der Waals surface area contributed by atoms with Crippen molar-refractivity contribution in [3.63, 3.8) is 0 Å². The number of carbonyl (C=O) groups is 1. The summed E-state index contributed by atoms with van der Waals surface area (Å²) in [6.45, 7) is 2.94. The van der Waals surface area contributed by atoms with Crippen LogP contribution in [-0.4, -0.2) is 24.1 Å². The normalized spacial score (nSPS) is 23.1. The monoisotopic (exact) mass is 262 g/mol. The average molecular weight is 262 g/mol. The maximum atomic E-state index is 11.6. The molecular weight excluding hydrogens is 240 g/mol. The lowest BCUT2D eigenvalue weighted by atomic mass is 9.87. The summed E-state index contributed by atoms with van der Waals surface area (Å²) < 4.78 is 4.78. The average Bonchev–Trinajstić information content (AvgIpc) is 2.46. The molecule has 0 aliphatic heterocycles. The summed E-state index contributed by atoms with van der Waals surface area (Å²) in [5.74, 6) is 0.528. The minimum atomic E-state index is -0.317. The molecule has 1 saturated carbocycles. The lowest BCUT2D eigenvalue weighted by molar-refractivity contribution is 0.0598. The van der Waals surface area contributed by atoms with E-state index in [-0.39, 0.29) is 5.97 Å². The second-order valence-electron chi connectivity index (χ2n) is 5.33. The number of nitrogens with zero attached hydrogens (tertiary/aromatic N) is 1. The summed E-state index contributed by atoms with van der Waals surface area (Å²) in [6, 6.07) is 4.07. The number of esters is 1. The second kappa shape index (κ2) is 6.66. The van der Waals surface area contributed by atoms with Gasteiger partial charge >= 0.3 is 5.97 Å². The molecule has 0 atom stereocenters. The zero-order valence-electron chi connectivity index (χ0n) is 11.7. The van der Waals surface area contributed by atoms with Crippen molar-refractivity contribution in [1.82, 2.24) is 10.3 Å². The Hall–Kier alpha value is -1.42. The van der Waals surface area contributed by atoms with E-state index in [4.69, 9.17) is 4.74 Å². The van der Waals surface area contributed by atoms with Crippen molar-refractivity contribution in [3.05, 3.63) is 29.6 Å². The van der Waals surface area contributed by atoms with Crippen molar-refractivity contribution in [2.45, 2.75) is 45.2 Å².